The van der Waals surface area contributed by atoms with Gasteiger partial charge in [0.2, 0.25) is 21.9 Å². The number of benzene rings is 1. The van der Waals surface area contributed by atoms with Gasteiger partial charge in [0.15, 0.2) is 0 Å². The van der Waals surface area contributed by atoms with E-state index in [-0.39, 0.29) is 28.3 Å². The predicted molar refractivity (Wildman–Crippen MR) is 88.5 cm³/mol. The summed E-state index contributed by atoms with van der Waals surface area (Å²) in [6, 6.07) is 7.90. The molecule has 0 aliphatic heterocycles. The van der Waals surface area contributed by atoms with Gasteiger partial charge >= 0.3 is 0 Å². The third kappa shape index (κ3) is 4.18. The molecule has 2 rings (SSSR count). The lowest BCUT2D eigenvalue weighted by atomic mass is 10.3. The van der Waals surface area contributed by atoms with Crippen molar-refractivity contribution in [2.75, 3.05) is 12.4 Å². The first kappa shape index (κ1) is 17.7. The Hall–Kier alpha value is -2.70. The van der Waals surface area contributed by atoms with Crippen LogP contribution in [-0.2, 0) is 10.0 Å². The van der Waals surface area contributed by atoms with E-state index in [1.54, 1.807) is 26.0 Å². The van der Waals surface area contributed by atoms with Crippen LogP contribution in [0.2, 0.25) is 0 Å². The quantitative estimate of drug-likeness (QED) is 0.818. The molecule has 0 unspecified atom stereocenters. The minimum absolute atomic E-state index is 0.162. The monoisotopic (exact) mass is 347 g/mol. The van der Waals surface area contributed by atoms with E-state index in [0.29, 0.717) is 5.69 Å². The van der Waals surface area contributed by atoms with Gasteiger partial charge in [-0.3, -0.25) is 0 Å². The average molecular weight is 347 g/mol. The molecular formula is C15H17N5O3S. The fourth-order valence-electron chi connectivity index (χ4n) is 1.88. The summed E-state index contributed by atoms with van der Waals surface area (Å²) in [5.74, 6) is 0.400. The van der Waals surface area contributed by atoms with Crippen LogP contribution >= 0.6 is 0 Å². The molecule has 1 aromatic heterocycles. The number of nitriles is 1. The molecule has 2 N–H and O–H groups in total. The summed E-state index contributed by atoms with van der Waals surface area (Å²) in [6.45, 7) is 3.51. The zero-order valence-corrected chi connectivity index (χ0v) is 14.3. The maximum absolute atomic E-state index is 12.1. The van der Waals surface area contributed by atoms with Crippen LogP contribution in [0.3, 0.4) is 0 Å². The first-order valence-electron chi connectivity index (χ1n) is 7.06. The normalized spacial score (nSPS) is 11.1. The van der Waals surface area contributed by atoms with Crippen molar-refractivity contribution in [1.29, 1.82) is 5.26 Å². The Morgan fingerprint density at radius 2 is 1.92 bits per heavy atom. The first-order chi connectivity index (χ1) is 11.4. The number of aromatic nitrogens is 2. The third-order valence-electron chi connectivity index (χ3n) is 2.88. The molecule has 8 nitrogen and oxygen atoms in total. The fraction of sp³-hybridized carbons (Fsp3) is 0.267. The third-order valence-corrected chi connectivity index (χ3v) is 4.55. The van der Waals surface area contributed by atoms with E-state index >= 15 is 0 Å². The highest BCUT2D eigenvalue weighted by atomic mass is 32.2. The van der Waals surface area contributed by atoms with Crippen molar-refractivity contribution in [2.24, 2.45) is 0 Å². The number of sulfonamides is 1. The summed E-state index contributed by atoms with van der Waals surface area (Å²) in [7, 11) is -2.12. The van der Waals surface area contributed by atoms with Crippen molar-refractivity contribution < 1.29 is 13.2 Å². The molecule has 0 atom stereocenters. The van der Waals surface area contributed by atoms with E-state index in [1.807, 2.05) is 6.07 Å². The van der Waals surface area contributed by atoms with Crippen LogP contribution < -0.4 is 14.8 Å². The maximum Gasteiger partial charge on any atom is 0.240 e. The summed E-state index contributed by atoms with van der Waals surface area (Å²) in [6.07, 6.45) is 1.35. The van der Waals surface area contributed by atoms with E-state index in [1.165, 1.54) is 25.4 Å². The highest BCUT2D eigenvalue weighted by Gasteiger charge is 2.15. The highest BCUT2D eigenvalue weighted by Crippen LogP contribution is 2.20. The summed E-state index contributed by atoms with van der Waals surface area (Å²) in [4.78, 5) is 8.25. The topological polar surface area (TPSA) is 117 Å². The van der Waals surface area contributed by atoms with E-state index in [9.17, 15) is 8.42 Å². The van der Waals surface area contributed by atoms with Crippen molar-refractivity contribution in [3.8, 4) is 11.9 Å². The molecule has 0 aliphatic carbocycles. The minimum atomic E-state index is -3.53. The second-order valence-corrected chi connectivity index (χ2v) is 6.87. The van der Waals surface area contributed by atoms with E-state index < -0.39 is 10.0 Å². The van der Waals surface area contributed by atoms with Gasteiger partial charge in [-0.2, -0.15) is 10.2 Å². The van der Waals surface area contributed by atoms with Gasteiger partial charge in [-0.15, -0.1) is 0 Å². The number of hydrogen-bond donors (Lipinski definition) is 2. The van der Waals surface area contributed by atoms with Crippen LogP contribution in [0.1, 0.15) is 19.4 Å². The first-order valence-corrected chi connectivity index (χ1v) is 8.54. The predicted octanol–water partition coefficient (Wildman–Crippen LogP) is 1.79. The Kier molecular flexibility index (Phi) is 5.33. The number of methoxy groups -OCH3 is 1. The number of rotatable bonds is 6. The molecule has 1 heterocycles. The molecule has 0 bridgehead atoms. The average Bonchev–Trinajstić information content (AvgIpc) is 2.54. The maximum atomic E-state index is 12.1. The van der Waals surface area contributed by atoms with Gasteiger partial charge < -0.3 is 10.1 Å². The van der Waals surface area contributed by atoms with Crippen molar-refractivity contribution >= 4 is 21.7 Å². The van der Waals surface area contributed by atoms with Gasteiger partial charge in [0.1, 0.15) is 11.6 Å². The SMILES string of the molecule is COc1nc(Nc2ccc(S(=O)(=O)NC(C)C)cc2)ncc1C#N. The molecule has 0 saturated carbocycles. The zero-order chi connectivity index (χ0) is 17.7. The molecule has 0 radical (unpaired) electrons. The van der Waals surface area contributed by atoms with E-state index in [0.717, 1.165) is 0 Å². The molecule has 0 aliphatic rings. The van der Waals surface area contributed by atoms with Crippen LogP contribution in [0.25, 0.3) is 0 Å². The van der Waals surface area contributed by atoms with Crippen LogP contribution in [0.4, 0.5) is 11.6 Å². The number of anilines is 2. The second kappa shape index (κ2) is 7.25. The van der Waals surface area contributed by atoms with Crippen molar-refractivity contribution in [3.05, 3.63) is 36.0 Å². The van der Waals surface area contributed by atoms with Gasteiger partial charge in [-0.1, -0.05) is 0 Å². The smallest absolute Gasteiger partial charge is 0.240 e. The lowest BCUT2D eigenvalue weighted by molar-refractivity contribution is 0.396. The molecule has 24 heavy (non-hydrogen) atoms. The molecular weight excluding hydrogens is 330 g/mol. The highest BCUT2D eigenvalue weighted by molar-refractivity contribution is 7.89. The number of ether oxygens (including phenoxy) is 1. The molecule has 0 saturated heterocycles. The Balaban J connectivity index is 2.19. The van der Waals surface area contributed by atoms with E-state index in [2.05, 4.69) is 20.0 Å². The molecule has 0 spiro atoms. The molecule has 0 fully saturated rings. The molecule has 2 aromatic rings. The standard InChI is InChI=1S/C15H17N5O3S/c1-10(2)20-24(21,22)13-6-4-12(5-7-13)18-15-17-9-11(8-16)14(19-15)23-3/h4-7,9-10,20H,1-3H3,(H,17,18,19). The lowest BCUT2D eigenvalue weighted by Gasteiger charge is -2.10. The Morgan fingerprint density at radius 1 is 1.25 bits per heavy atom. The van der Waals surface area contributed by atoms with Crippen molar-refractivity contribution in [2.45, 2.75) is 24.8 Å². The summed E-state index contributed by atoms with van der Waals surface area (Å²) in [5.41, 5.74) is 0.828. The molecule has 126 valence electrons. The zero-order valence-electron chi connectivity index (χ0n) is 13.4. The lowest BCUT2D eigenvalue weighted by Crippen LogP contribution is -2.30. The van der Waals surface area contributed by atoms with Crippen molar-refractivity contribution in [3.63, 3.8) is 0 Å². The number of nitrogens with one attached hydrogen (secondary N) is 2. The van der Waals surface area contributed by atoms with Gasteiger partial charge in [-0.25, -0.2) is 18.1 Å². The fourth-order valence-corrected chi connectivity index (χ4v) is 3.13. The van der Waals surface area contributed by atoms with Crippen LogP contribution in [0, 0.1) is 11.3 Å². The Labute approximate surface area is 140 Å². The Bertz CT molecular complexity index is 858. The van der Waals surface area contributed by atoms with Gasteiger partial charge in [0.05, 0.1) is 18.2 Å². The van der Waals surface area contributed by atoms with Crippen molar-refractivity contribution in [1.82, 2.24) is 14.7 Å². The van der Waals surface area contributed by atoms with Gasteiger partial charge in [0, 0.05) is 11.7 Å². The Morgan fingerprint density at radius 3 is 2.46 bits per heavy atom. The molecule has 1 aromatic carbocycles. The van der Waals surface area contributed by atoms with Gasteiger partial charge in [-0.05, 0) is 38.1 Å². The van der Waals surface area contributed by atoms with Crippen LogP contribution in [-0.4, -0.2) is 31.5 Å². The van der Waals surface area contributed by atoms with Crippen LogP contribution in [0.15, 0.2) is 35.4 Å². The number of nitrogens with zero attached hydrogens (tertiary/aromatic N) is 3. The molecule has 0 amide bonds. The largest absolute Gasteiger partial charge is 0.480 e. The summed E-state index contributed by atoms with van der Waals surface area (Å²) in [5, 5.41) is 11.8. The van der Waals surface area contributed by atoms with Crippen LogP contribution in [0.5, 0.6) is 5.88 Å². The minimum Gasteiger partial charge on any atom is -0.480 e. The molecule has 9 heteroatoms. The van der Waals surface area contributed by atoms with E-state index in [4.69, 9.17) is 10.00 Å². The summed E-state index contributed by atoms with van der Waals surface area (Å²) < 4.78 is 31.7. The number of hydrogen-bond acceptors (Lipinski definition) is 7. The van der Waals surface area contributed by atoms with Gasteiger partial charge in [0.25, 0.3) is 0 Å². The summed E-state index contributed by atoms with van der Waals surface area (Å²) >= 11 is 0. The second-order valence-electron chi connectivity index (χ2n) is 5.15.